The van der Waals surface area contributed by atoms with E-state index in [0.717, 1.165) is 6.54 Å². The third-order valence-electron chi connectivity index (χ3n) is 2.98. The van der Waals surface area contributed by atoms with Crippen molar-refractivity contribution < 1.29 is 18.3 Å². The number of halogens is 2. The molecule has 1 aliphatic rings. The van der Waals surface area contributed by atoms with Gasteiger partial charge < -0.3 is 15.0 Å². The molecule has 1 aromatic carbocycles. The zero-order valence-electron chi connectivity index (χ0n) is 10.6. The number of benzene rings is 1. The first-order valence-corrected chi connectivity index (χ1v) is 6.14. The Kier molecular flexibility index (Phi) is 4.31. The van der Waals surface area contributed by atoms with Crippen LogP contribution in [0.2, 0.25) is 0 Å². The Bertz CT molecular complexity index is 437. The van der Waals surface area contributed by atoms with Crippen LogP contribution < -0.4 is 10.1 Å². The molecule has 4 nitrogen and oxygen atoms in total. The summed E-state index contributed by atoms with van der Waals surface area (Å²) in [5, 5.41) is 3.25. The zero-order valence-corrected chi connectivity index (χ0v) is 10.6. The molecule has 0 saturated carbocycles. The summed E-state index contributed by atoms with van der Waals surface area (Å²) >= 11 is 0. The van der Waals surface area contributed by atoms with Crippen molar-refractivity contribution in [2.24, 2.45) is 0 Å². The smallest absolute Gasteiger partial charge is 0.387 e. The number of ether oxygens (including phenoxy) is 1. The zero-order chi connectivity index (χ0) is 13.8. The van der Waals surface area contributed by atoms with Crippen molar-refractivity contribution in [1.82, 2.24) is 10.2 Å². The summed E-state index contributed by atoms with van der Waals surface area (Å²) in [5.41, 5.74) is 0.482. The van der Waals surface area contributed by atoms with Crippen LogP contribution in [0.15, 0.2) is 24.3 Å². The molecule has 6 heteroatoms. The molecule has 0 aliphatic carbocycles. The molecule has 0 bridgehead atoms. The van der Waals surface area contributed by atoms with Crippen LogP contribution in [0.5, 0.6) is 5.75 Å². The number of alkyl halides is 2. The van der Waals surface area contributed by atoms with Gasteiger partial charge in [0.25, 0.3) is 5.91 Å². The number of hydrogen-bond donors (Lipinski definition) is 1. The molecule has 0 unspecified atom stereocenters. The summed E-state index contributed by atoms with van der Waals surface area (Å²) in [6, 6.07) is 6.04. The lowest BCUT2D eigenvalue weighted by molar-refractivity contribution is -0.0498. The van der Waals surface area contributed by atoms with Gasteiger partial charge in [0.05, 0.1) is 0 Å². The molecule has 2 rings (SSSR count). The summed E-state index contributed by atoms with van der Waals surface area (Å²) in [5.74, 6) is -0.0304. The first-order chi connectivity index (χ1) is 9.06. The van der Waals surface area contributed by atoms with Crippen molar-refractivity contribution in [3.63, 3.8) is 0 Å². The second-order valence-electron chi connectivity index (χ2n) is 4.51. The van der Waals surface area contributed by atoms with Gasteiger partial charge in [-0.25, -0.2) is 0 Å². The second kappa shape index (κ2) is 5.97. The van der Waals surface area contributed by atoms with Gasteiger partial charge in [-0.3, -0.25) is 4.79 Å². The molecular formula is C13H16F2N2O2. The molecule has 1 fully saturated rings. The molecule has 1 N–H and O–H groups in total. The van der Waals surface area contributed by atoms with Gasteiger partial charge >= 0.3 is 6.61 Å². The standard InChI is InChI=1S/C13H16F2N2O2/c1-9-8-17(7-6-16-9)12(18)10-2-4-11(5-3-10)19-13(14)15/h2-5,9,13,16H,6-8H2,1H3/t9-/m0/s1. The van der Waals surface area contributed by atoms with E-state index >= 15 is 0 Å². The van der Waals surface area contributed by atoms with E-state index in [2.05, 4.69) is 10.1 Å². The highest BCUT2D eigenvalue weighted by Crippen LogP contribution is 2.16. The van der Waals surface area contributed by atoms with Crippen molar-refractivity contribution in [2.75, 3.05) is 19.6 Å². The molecule has 1 heterocycles. The molecule has 1 atom stereocenters. The van der Waals surface area contributed by atoms with E-state index in [9.17, 15) is 13.6 Å². The van der Waals surface area contributed by atoms with Crippen LogP contribution in [-0.2, 0) is 0 Å². The molecule has 1 amide bonds. The van der Waals surface area contributed by atoms with E-state index in [-0.39, 0.29) is 17.7 Å². The van der Waals surface area contributed by atoms with Crippen LogP contribution in [0.4, 0.5) is 8.78 Å². The number of nitrogens with zero attached hydrogens (tertiary/aromatic N) is 1. The van der Waals surface area contributed by atoms with Crippen LogP contribution in [-0.4, -0.2) is 43.1 Å². The quantitative estimate of drug-likeness (QED) is 0.909. The van der Waals surface area contributed by atoms with Crippen molar-refractivity contribution in [1.29, 1.82) is 0 Å². The largest absolute Gasteiger partial charge is 0.435 e. The topological polar surface area (TPSA) is 41.6 Å². The van der Waals surface area contributed by atoms with Crippen molar-refractivity contribution >= 4 is 5.91 Å². The number of carbonyl (C=O) groups is 1. The average Bonchev–Trinajstić information content (AvgIpc) is 2.38. The van der Waals surface area contributed by atoms with Gasteiger partial charge in [0.1, 0.15) is 5.75 Å². The van der Waals surface area contributed by atoms with Crippen LogP contribution in [0.25, 0.3) is 0 Å². The first-order valence-electron chi connectivity index (χ1n) is 6.14. The Balaban J connectivity index is 2.02. The highest BCUT2D eigenvalue weighted by Gasteiger charge is 2.21. The Labute approximate surface area is 110 Å². The van der Waals surface area contributed by atoms with Crippen LogP contribution in [0.1, 0.15) is 17.3 Å². The van der Waals surface area contributed by atoms with Crippen LogP contribution in [0.3, 0.4) is 0 Å². The van der Waals surface area contributed by atoms with Gasteiger partial charge in [0.15, 0.2) is 0 Å². The normalized spacial score (nSPS) is 19.6. The maximum atomic E-state index is 12.2. The highest BCUT2D eigenvalue weighted by molar-refractivity contribution is 5.94. The minimum Gasteiger partial charge on any atom is -0.435 e. The van der Waals surface area contributed by atoms with Gasteiger partial charge in [0.2, 0.25) is 0 Å². The van der Waals surface area contributed by atoms with Gasteiger partial charge in [0, 0.05) is 31.2 Å². The van der Waals surface area contributed by atoms with E-state index in [1.165, 1.54) is 24.3 Å². The molecule has 1 aromatic rings. The Morgan fingerprint density at radius 2 is 2.11 bits per heavy atom. The van der Waals surface area contributed by atoms with Crippen LogP contribution >= 0.6 is 0 Å². The SMILES string of the molecule is C[C@H]1CN(C(=O)c2ccc(OC(F)F)cc2)CCN1. The number of hydrogen-bond acceptors (Lipinski definition) is 3. The molecule has 104 valence electrons. The Hall–Kier alpha value is -1.69. The molecule has 19 heavy (non-hydrogen) atoms. The lowest BCUT2D eigenvalue weighted by Gasteiger charge is -2.32. The summed E-state index contributed by atoms with van der Waals surface area (Å²) in [4.78, 5) is 13.9. The summed E-state index contributed by atoms with van der Waals surface area (Å²) in [6.07, 6.45) is 0. The third-order valence-corrected chi connectivity index (χ3v) is 2.98. The fraction of sp³-hybridized carbons (Fsp3) is 0.462. The van der Waals surface area contributed by atoms with E-state index in [1.54, 1.807) is 4.90 Å². The second-order valence-corrected chi connectivity index (χ2v) is 4.51. The van der Waals surface area contributed by atoms with Crippen molar-refractivity contribution in [2.45, 2.75) is 19.6 Å². The first kappa shape index (κ1) is 13.7. The number of rotatable bonds is 3. The average molecular weight is 270 g/mol. The molecule has 1 saturated heterocycles. The molecule has 0 spiro atoms. The summed E-state index contributed by atoms with van der Waals surface area (Å²) in [6.45, 7) is 1.22. The molecule has 0 radical (unpaired) electrons. The Morgan fingerprint density at radius 3 is 2.68 bits per heavy atom. The van der Waals surface area contributed by atoms with Crippen LogP contribution in [0, 0.1) is 0 Å². The minimum atomic E-state index is -2.85. The van der Waals surface area contributed by atoms with E-state index in [0.29, 0.717) is 18.7 Å². The highest BCUT2D eigenvalue weighted by atomic mass is 19.3. The summed E-state index contributed by atoms with van der Waals surface area (Å²) in [7, 11) is 0. The van der Waals surface area contributed by atoms with Gasteiger partial charge in [-0.05, 0) is 31.2 Å². The number of piperazine rings is 1. The van der Waals surface area contributed by atoms with E-state index < -0.39 is 6.61 Å². The number of nitrogens with one attached hydrogen (secondary N) is 1. The molecular weight excluding hydrogens is 254 g/mol. The number of amides is 1. The van der Waals surface area contributed by atoms with Crippen molar-refractivity contribution in [3.05, 3.63) is 29.8 Å². The summed E-state index contributed by atoms with van der Waals surface area (Å²) < 4.78 is 28.3. The maximum absolute atomic E-state index is 12.2. The van der Waals surface area contributed by atoms with Gasteiger partial charge in [-0.2, -0.15) is 8.78 Å². The predicted molar refractivity (Wildman–Crippen MR) is 66.4 cm³/mol. The lowest BCUT2D eigenvalue weighted by Crippen LogP contribution is -2.51. The van der Waals surface area contributed by atoms with E-state index in [4.69, 9.17) is 0 Å². The number of carbonyl (C=O) groups excluding carboxylic acids is 1. The van der Waals surface area contributed by atoms with Crippen molar-refractivity contribution in [3.8, 4) is 5.75 Å². The Morgan fingerprint density at radius 1 is 1.42 bits per heavy atom. The third kappa shape index (κ3) is 3.64. The van der Waals surface area contributed by atoms with Gasteiger partial charge in [-0.1, -0.05) is 0 Å². The predicted octanol–water partition coefficient (Wildman–Crippen LogP) is 1.72. The fourth-order valence-electron chi connectivity index (χ4n) is 2.08. The monoisotopic (exact) mass is 270 g/mol. The molecule has 0 aromatic heterocycles. The molecule has 1 aliphatic heterocycles. The minimum absolute atomic E-state index is 0.0558. The van der Waals surface area contributed by atoms with Gasteiger partial charge in [-0.15, -0.1) is 0 Å². The lowest BCUT2D eigenvalue weighted by atomic mass is 10.1. The van der Waals surface area contributed by atoms with E-state index in [1.807, 2.05) is 6.92 Å². The fourth-order valence-corrected chi connectivity index (χ4v) is 2.08. The maximum Gasteiger partial charge on any atom is 0.387 e.